The topological polar surface area (TPSA) is 12.0 Å². The van der Waals surface area contributed by atoms with E-state index in [1.54, 1.807) is 0 Å². The summed E-state index contributed by atoms with van der Waals surface area (Å²) in [6.07, 6.45) is 4.86. The predicted octanol–water partition coefficient (Wildman–Crippen LogP) is 2.88. The molecule has 1 heteroatoms. The van der Waals surface area contributed by atoms with Crippen molar-refractivity contribution in [2.45, 2.75) is 13.3 Å². The molecular formula is C11H13N. The minimum Gasteiger partial charge on any atom is -0.355 e. The molecule has 0 radical (unpaired) electrons. The van der Waals surface area contributed by atoms with E-state index in [0.29, 0.717) is 0 Å². The van der Waals surface area contributed by atoms with Gasteiger partial charge in [-0.2, -0.15) is 0 Å². The third-order valence-corrected chi connectivity index (χ3v) is 2.01. The van der Waals surface area contributed by atoms with Crippen LogP contribution in [-0.4, -0.2) is 0 Å². The zero-order chi connectivity index (χ0) is 8.39. The fourth-order valence-corrected chi connectivity index (χ4v) is 1.38. The maximum Gasteiger partial charge on any atom is 0.0438 e. The molecule has 0 fully saturated rings. The van der Waals surface area contributed by atoms with Crippen LogP contribution in [0.25, 0.3) is 0 Å². The van der Waals surface area contributed by atoms with Gasteiger partial charge in [-0.3, -0.25) is 0 Å². The molecule has 0 unspecified atom stereocenters. The lowest BCUT2D eigenvalue weighted by atomic mass is 10.1. The van der Waals surface area contributed by atoms with Crippen molar-refractivity contribution in [2.24, 2.45) is 0 Å². The minimum absolute atomic E-state index is 0. The molecule has 1 aromatic rings. The third kappa shape index (κ3) is 1.27. The standard InChI is InChI=1S/C11H11N.H2/c1-9-5-6-11-10(8-9)4-2-3-7-12-11;/h2,5-8,12H,4H2,1H3;1H. The summed E-state index contributed by atoms with van der Waals surface area (Å²) < 4.78 is 0. The van der Waals surface area contributed by atoms with Gasteiger partial charge in [-0.25, -0.2) is 0 Å². The highest BCUT2D eigenvalue weighted by molar-refractivity contribution is 5.55. The van der Waals surface area contributed by atoms with Crippen molar-refractivity contribution in [2.75, 3.05) is 5.32 Å². The van der Waals surface area contributed by atoms with Gasteiger partial charge in [0, 0.05) is 13.3 Å². The van der Waals surface area contributed by atoms with Crippen molar-refractivity contribution in [1.82, 2.24) is 0 Å². The van der Waals surface area contributed by atoms with Crippen molar-refractivity contribution in [3.8, 4) is 0 Å². The van der Waals surface area contributed by atoms with Crippen LogP contribution in [0.15, 0.2) is 36.2 Å². The number of allylic oxidation sites excluding steroid dienone is 1. The van der Waals surface area contributed by atoms with E-state index < -0.39 is 0 Å². The van der Waals surface area contributed by atoms with Crippen molar-refractivity contribution in [3.63, 3.8) is 0 Å². The lowest BCUT2D eigenvalue weighted by Gasteiger charge is -2.06. The van der Waals surface area contributed by atoms with Gasteiger partial charge in [-0.1, -0.05) is 17.7 Å². The molecule has 62 valence electrons. The largest absolute Gasteiger partial charge is 0.355 e. The molecule has 0 saturated heterocycles. The van der Waals surface area contributed by atoms with Crippen LogP contribution in [0.2, 0.25) is 0 Å². The number of anilines is 1. The quantitative estimate of drug-likeness (QED) is 0.574. The van der Waals surface area contributed by atoms with E-state index >= 15 is 0 Å². The van der Waals surface area contributed by atoms with Gasteiger partial charge in [0.1, 0.15) is 0 Å². The Morgan fingerprint density at radius 1 is 1.50 bits per heavy atom. The van der Waals surface area contributed by atoms with Gasteiger partial charge in [0.05, 0.1) is 0 Å². The molecule has 0 spiro atoms. The van der Waals surface area contributed by atoms with Crippen LogP contribution >= 0.6 is 0 Å². The molecule has 1 aromatic carbocycles. The zero-order valence-corrected chi connectivity index (χ0v) is 7.09. The molecule has 1 heterocycles. The summed E-state index contributed by atoms with van der Waals surface area (Å²) in [4.78, 5) is 0. The van der Waals surface area contributed by atoms with Gasteiger partial charge < -0.3 is 5.32 Å². The predicted molar refractivity (Wildman–Crippen MR) is 53.3 cm³/mol. The summed E-state index contributed by atoms with van der Waals surface area (Å²) in [5.74, 6) is 0. The summed E-state index contributed by atoms with van der Waals surface area (Å²) in [5.41, 5.74) is 6.90. The Balaban J connectivity index is 0.000000845. The monoisotopic (exact) mass is 159 g/mol. The molecule has 1 N–H and O–H groups in total. The third-order valence-electron chi connectivity index (χ3n) is 2.01. The Bertz CT molecular complexity index is 362. The summed E-state index contributed by atoms with van der Waals surface area (Å²) in [6.45, 7) is 2.11. The van der Waals surface area contributed by atoms with Crippen LogP contribution in [0.5, 0.6) is 0 Å². The molecule has 12 heavy (non-hydrogen) atoms. The van der Waals surface area contributed by atoms with Gasteiger partial charge in [0.15, 0.2) is 0 Å². The molecule has 1 nitrogen and oxygen atoms in total. The second-order valence-electron chi connectivity index (χ2n) is 3.02. The number of rotatable bonds is 0. The number of hydrogen-bond donors (Lipinski definition) is 1. The second kappa shape index (κ2) is 2.88. The summed E-state index contributed by atoms with van der Waals surface area (Å²) in [5, 5.41) is 3.18. The first kappa shape index (κ1) is 7.20. The van der Waals surface area contributed by atoms with Gasteiger partial charge in [0.25, 0.3) is 0 Å². The first-order valence-electron chi connectivity index (χ1n) is 4.12. The lowest BCUT2D eigenvalue weighted by Crippen LogP contribution is -1.91. The Labute approximate surface area is 73.9 Å². The van der Waals surface area contributed by atoms with E-state index in [2.05, 4.69) is 36.2 Å². The highest BCUT2D eigenvalue weighted by atomic mass is 14.8. The highest BCUT2D eigenvalue weighted by Crippen LogP contribution is 2.19. The fourth-order valence-electron chi connectivity index (χ4n) is 1.38. The fraction of sp³-hybridized carbons (Fsp3) is 0.182. The van der Waals surface area contributed by atoms with Crippen LogP contribution in [0.3, 0.4) is 0 Å². The Hall–Kier alpha value is -1.46. The Morgan fingerprint density at radius 2 is 2.42 bits per heavy atom. The van der Waals surface area contributed by atoms with E-state index in [1.807, 2.05) is 12.3 Å². The van der Waals surface area contributed by atoms with E-state index in [4.69, 9.17) is 0 Å². The van der Waals surface area contributed by atoms with Crippen molar-refractivity contribution in [1.29, 1.82) is 0 Å². The van der Waals surface area contributed by atoms with Crippen molar-refractivity contribution < 1.29 is 1.43 Å². The molecule has 0 atom stereocenters. The summed E-state index contributed by atoms with van der Waals surface area (Å²) in [7, 11) is 0. The molecule has 1 aliphatic rings. The summed E-state index contributed by atoms with van der Waals surface area (Å²) >= 11 is 0. The van der Waals surface area contributed by atoms with Crippen LogP contribution in [0.1, 0.15) is 12.6 Å². The number of aryl methyl sites for hydroxylation is 1. The number of nitrogens with one attached hydrogen (secondary N) is 1. The molecule has 2 rings (SSSR count). The van der Waals surface area contributed by atoms with E-state index in [0.717, 1.165) is 6.42 Å². The molecule has 0 aliphatic carbocycles. The van der Waals surface area contributed by atoms with Gasteiger partial charge in [-0.05, 0) is 31.1 Å². The van der Waals surface area contributed by atoms with Crippen LogP contribution in [0.4, 0.5) is 5.69 Å². The van der Waals surface area contributed by atoms with Crippen molar-refractivity contribution in [3.05, 3.63) is 47.3 Å². The molecular weight excluding hydrogens is 146 g/mol. The summed E-state index contributed by atoms with van der Waals surface area (Å²) in [6, 6.07) is 6.44. The van der Waals surface area contributed by atoms with Gasteiger partial charge in [-0.15, -0.1) is 5.73 Å². The zero-order valence-electron chi connectivity index (χ0n) is 7.09. The van der Waals surface area contributed by atoms with E-state index in [1.165, 1.54) is 16.8 Å². The van der Waals surface area contributed by atoms with E-state index in [-0.39, 0.29) is 1.43 Å². The maximum absolute atomic E-state index is 3.18. The van der Waals surface area contributed by atoms with Crippen LogP contribution < -0.4 is 5.32 Å². The molecule has 0 amide bonds. The Kier molecular flexibility index (Phi) is 1.73. The average molecular weight is 159 g/mol. The number of fused-ring (bicyclic) bond motifs is 1. The SMILES string of the molecule is Cc1ccc2c(c1)CC=C=CN2.[HH]. The molecule has 0 saturated carbocycles. The van der Waals surface area contributed by atoms with Gasteiger partial charge in [0.2, 0.25) is 0 Å². The Morgan fingerprint density at radius 3 is 3.33 bits per heavy atom. The molecule has 0 aromatic heterocycles. The normalized spacial score (nSPS) is 13.4. The average Bonchev–Trinajstić information content (AvgIpc) is 2.28. The second-order valence-corrected chi connectivity index (χ2v) is 3.02. The lowest BCUT2D eigenvalue weighted by molar-refractivity contribution is 1.26. The smallest absolute Gasteiger partial charge is 0.0438 e. The highest BCUT2D eigenvalue weighted by Gasteiger charge is 2.00. The first-order valence-corrected chi connectivity index (χ1v) is 4.12. The van der Waals surface area contributed by atoms with Gasteiger partial charge >= 0.3 is 0 Å². The van der Waals surface area contributed by atoms with Crippen LogP contribution in [0, 0.1) is 6.92 Å². The number of benzene rings is 1. The minimum atomic E-state index is 0. The first-order chi connectivity index (χ1) is 5.86. The maximum atomic E-state index is 3.18. The number of hydrogen-bond acceptors (Lipinski definition) is 1. The molecule has 0 bridgehead atoms. The van der Waals surface area contributed by atoms with E-state index in [9.17, 15) is 0 Å². The molecule has 1 aliphatic heterocycles. The van der Waals surface area contributed by atoms with Crippen LogP contribution in [-0.2, 0) is 6.42 Å². The van der Waals surface area contributed by atoms with Crippen molar-refractivity contribution >= 4 is 5.69 Å².